The lowest BCUT2D eigenvalue weighted by molar-refractivity contribution is 0.00843. The number of amides is 2. The lowest BCUT2D eigenvalue weighted by Crippen LogP contribution is -2.25. The Morgan fingerprint density at radius 1 is 1.04 bits per heavy atom. The first-order valence-electron chi connectivity index (χ1n) is 7.77. The fourth-order valence-corrected chi connectivity index (χ4v) is 3.16. The molecule has 7 nitrogen and oxygen atoms in total. The number of carbonyl (C=O) groups is 1. The Morgan fingerprint density at radius 2 is 1.80 bits per heavy atom. The van der Waals surface area contributed by atoms with Gasteiger partial charge in [-0.2, -0.15) is 0 Å². The van der Waals surface area contributed by atoms with Gasteiger partial charge in [0.25, 0.3) is 0 Å². The number of benzene rings is 1. The predicted molar refractivity (Wildman–Crippen MR) is 95.8 cm³/mol. The van der Waals surface area contributed by atoms with Crippen LogP contribution in [0.25, 0.3) is 10.6 Å². The van der Waals surface area contributed by atoms with Gasteiger partial charge in [-0.1, -0.05) is 23.5 Å². The summed E-state index contributed by atoms with van der Waals surface area (Å²) in [4.78, 5) is 16.1. The van der Waals surface area contributed by atoms with E-state index in [1.165, 1.54) is 16.9 Å². The molecule has 2 N–H and O–H groups in total. The topological polar surface area (TPSA) is 89.0 Å². The van der Waals surface area contributed by atoms with E-state index in [9.17, 15) is 4.79 Å². The summed E-state index contributed by atoms with van der Waals surface area (Å²) in [7, 11) is 0. The van der Waals surface area contributed by atoms with E-state index in [4.69, 9.17) is 4.74 Å². The number of pyridine rings is 1. The molecule has 0 saturated carbocycles. The van der Waals surface area contributed by atoms with Gasteiger partial charge in [-0.15, -0.1) is 10.2 Å². The molecule has 0 unspecified atom stereocenters. The molecule has 3 aromatic rings. The smallest absolute Gasteiger partial charge is 0.325 e. The number of nitrogens with zero attached hydrogens (tertiary/aromatic N) is 3. The van der Waals surface area contributed by atoms with Crippen LogP contribution in [0.3, 0.4) is 0 Å². The zero-order chi connectivity index (χ0) is 17.1. The number of carbonyl (C=O) groups excluding carboxylic acids is 1. The van der Waals surface area contributed by atoms with Crippen molar-refractivity contribution in [2.75, 3.05) is 23.8 Å². The number of anilines is 2. The van der Waals surface area contributed by atoms with Crippen LogP contribution in [0, 0.1) is 0 Å². The third-order valence-electron chi connectivity index (χ3n) is 3.85. The minimum absolute atomic E-state index is 0.350. The Morgan fingerprint density at radius 3 is 2.48 bits per heavy atom. The van der Waals surface area contributed by atoms with E-state index < -0.39 is 0 Å². The summed E-state index contributed by atoms with van der Waals surface area (Å²) in [6, 6.07) is 11.1. The number of ether oxygens (including phenoxy) is 1. The van der Waals surface area contributed by atoms with Gasteiger partial charge in [0.05, 0.1) is 13.2 Å². The van der Waals surface area contributed by atoms with Crippen LogP contribution in [0.2, 0.25) is 0 Å². The van der Waals surface area contributed by atoms with Crippen molar-refractivity contribution in [3.63, 3.8) is 0 Å². The number of aromatic nitrogens is 3. The zero-order valence-electron chi connectivity index (χ0n) is 13.2. The van der Waals surface area contributed by atoms with Gasteiger partial charge in [-0.25, -0.2) is 4.79 Å². The Bertz CT molecular complexity index is 862. The highest BCUT2D eigenvalue weighted by atomic mass is 32.1. The second-order valence-corrected chi connectivity index (χ2v) is 6.56. The fourth-order valence-electron chi connectivity index (χ4n) is 2.41. The highest BCUT2D eigenvalue weighted by molar-refractivity contribution is 7.18. The number of hydrogen-bond donors (Lipinski definition) is 2. The monoisotopic (exact) mass is 353 g/mol. The van der Waals surface area contributed by atoms with Gasteiger partial charge in [0.15, 0.2) is 0 Å². The van der Waals surface area contributed by atoms with Crippen molar-refractivity contribution >= 4 is 28.2 Å². The minimum atomic E-state index is -0.350. The molecular weight excluding hydrogens is 338 g/mol. The van der Waals surface area contributed by atoms with Crippen LogP contribution < -0.4 is 10.6 Å². The molecule has 3 heterocycles. The van der Waals surface area contributed by atoms with Crippen LogP contribution >= 0.6 is 11.3 Å². The van der Waals surface area contributed by atoms with Gasteiger partial charge >= 0.3 is 6.03 Å². The van der Waals surface area contributed by atoms with E-state index in [2.05, 4.69) is 25.8 Å². The second-order valence-electron chi connectivity index (χ2n) is 5.58. The molecule has 126 valence electrons. The average molecular weight is 353 g/mol. The minimum Gasteiger partial charge on any atom is -0.380 e. The fraction of sp³-hybridized carbons (Fsp3) is 0.176. The summed E-state index contributed by atoms with van der Waals surface area (Å²) in [5.74, 6) is 0.468. The molecule has 0 aliphatic carbocycles. The van der Waals surface area contributed by atoms with Crippen LogP contribution in [-0.4, -0.2) is 34.4 Å². The van der Waals surface area contributed by atoms with Gasteiger partial charge < -0.3 is 10.1 Å². The number of nitrogens with one attached hydrogen (secondary N) is 2. The van der Waals surface area contributed by atoms with Gasteiger partial charge in [0.2, 0.25) is 5.13 Å². The largest absolute Gasteiger partial charge is 0.380 e. The maximum Gasteiger partial charge on any atom is 0.325 e. The second kappa shape index (κ2) is 6.96. The van der Waals surface area contributed by atoms with Crippen molar-refractivity contribution in [3.05, 3.63) is 54.4 Å². The molecule has 2 aromatic heterocycles. The molecule has 0 radical (unpaired) electrons. The van der Waals surface area contributed by atoms with Crippen LogP contribution in [0.5, 0.6) is 0 Å². The van der Waals surface area contributed by atoms with Crippen LogP contribution in [-0.2, 0) is 4.74 Å². The molecule has 4 rings (SSSR count). The highest BCUT2D eigenvalue weighted by Crippen LogP contribution is 2.26. The molecule has 25 heavy (non-hydrogen) atoms. The standard InChI is InChI=1S/C17H15N5O2S/c23-16(19-14-3-1-11(2-4-14)13-9-24-10-13)20-17-22-21-15(25-17)12-5-7-18-8-6-12/h1-8,13H,9-10H2,(H2,19,20,22,23). The quantitative estimate of drug-likeness (QED) is 0.751. The molecule has 0 atom stereocenters. The molecule has 1 aromatic carbocycles. The Kier molecular flexibility index (Phi) is 4.36. The van der Waals surface area contributed by atoms with Crippen molar-refractivity contribution in [1.29, 1.82) is 0 Å². The van der Waals surface area contributed by atoms with Crippen molar-refractivity contribution < 1.29 is 9.53 Å². The third-order valence-corrected chi connectivity index (χ3v) is 4.74. The number of hydrogen-bond acceptors (Lipinski definition) is 6. The Hall–Kier alpha value is -2.84. The maximum atomic E-state index is 12.1. The first kappa shape index (κ1) is 15.7. The molecule has 1 aliphatic heterocycles. The van der Waals surface area contributed by atoms with Gasteiger partial charge in [0.1, 0.15) is 5.01 Å². The molecule has 1 fully saturated rings. The molecule has 2 amide bonds. The lowest BCUT2D eigenvalue weighted by atomic mass is 9.97. The SMILES string of the molecule is O=C(Nc1ccc(C2COC2)cc1)Nc1nnc(-c2ccncc2)s1. The molecule has 0 spiro atoms. The van der Waals surface area contributed by atoms with Gasteiger partial charge in [0, 0.05) is 29.6 Å². The number of rotatable bonds is 4. The van der Waals surface area contributed by atoms with E-state index in [0.717, 1.165) is 29.5 Å². The van der Waals surface area contributed by atoms with E-state index in [1.807, 2.05) is 36.4 Å². The van der Waals surface area contributed by atoms with E-state index in [-0.39, 0.29) is 6.03 Å². The van der Waals surface area contributed by atoms with Crippen molar-refractivity contribution in [2.45, 2.75) is 5.92 Å². The first-order chi connectivity index (χ1) is 12.3. The molecule has 8 heteroatoms. The normalized spacial score (nSPS) is 13.9. The molecular formula is C17H15N5O2S. The summed E-state index contributed by atoms with van der Waals surface area (Å²) in [6.07, 6.45) is 3.38. The van der Waals surface area contributed by atoms with Crippen LogP contribution in [0.4, 0.5) is 15.6 Å². The van der Waals surface area contributed by atoms with Crippen LogP contribution in [0.15, 0.2) is 48.8 Å². The van der Waals surface area contributed by atoms with Crippen molar-refractivity contribution in [2.24, 2.45) is 0 Å². The molecule has 0 bridgehead atoms. The van der Waals surface area contributed by atoms with Crippen molar-refractivity contribution in [3.8, 4) is 10.6 Å². The molecule has 1 aliphatic rings. The van der Waals surface area contributed by atoms with Gasteiger partial charge in [-0.05, 0) is 29.8 Å². The number of urea groups is 1. The zero-order valence-corrected chi connectivity index (χ0v) is 14.0. The van der Waals surface area contributed by atoms with Crippen molar-refractivity contribution in [1.82, 2.24) is 15.2 Å². The predicted octanol–water partition coefficient (Wildman–Crippen LogP) is 3.36. The summed E-state index contributed by atoms with van der Waals surface area (Å²) < 4.78 is 5.19. The third kappa shape index (κ3) is 3.65. The first-order valence-corrected chi connectivity index (χ1v) is 8.59. The summed E-state index contributed by atoms with van der Waals surface area (Å²) >= 11 is 1.31. The maximum absolute atomic E-state index is 12.1. The summed E-state index contributed by atoms with van der Waals surface area (Å²) in [5, 5.41) is 14.7. The van der Waals surface area contributed by atoms with E-state index in [1.54, 1.807) is 12.4 Å². The average Bonchev–Trinajstić information content (AvgIpc) is 3.04. The van der Waals surface area contributed by atoms with E-state index >= 15 is 0 Å². The lowest BCUT2D eigenvalue weighted by Gasteiger charge is -2.26. The Balaban J connectivity index is 1.36. The summed E-state index contributed by atoms with van der Waals surface area (Å²) in [5.41, 5.74) is 2.86. The van der Waals surface area contributed by atoms with Gasteiger partial charge in [-0.3, -0.25) is 10.3 Å². The van der Waals surface area contributed by atoms with Crippen LogP contribution in [0.1, 0.15) is 11.5 Å². The molecule has 1 saturated heterocycles. The highest BCUT2D eigenvalue weighted by Gasteiger charge is 2.20. The van der Waals surface area contributed by atoms with E-state index in [0.29, 0.717) is 11.0 Å². The Labute approximate surface area is 148 Å². The summed E-state index contributed by atoms with van der Waals surface area (Å²) in [6.45, 7) is 1.54.